The molecule has 0 saturated carbocycles. The second kappa shape index (κ2) is 10.6. The van der Waals surface area contributed by atoms with E-state index in [1.54, 1.807) is 43.5 Å². The van der Waals surface area contributed by atoms with Crippen LogP contribution in [-0.2, 0) is 11.3 Å². The minimum absolute atomic E-state index is 0.109. The first-order valence-corrected chi connectivity index (χ1v) is 13.5. The molecular weight excluding hydrogens is 531 g/mol. The highest BCUT2D eigenvalue weighted by molar-refractivity contribution is 6.21. The van der Waals surface area contributed by atoms with Crippen LogP contribution in [0.4, 0.5) is 10.2 Å². The standard InChI is InChI=1S/C29H27FN6O5/c1-2-41-29(40)22-16-31-36-14-10-24(32-25(22)36)34-12-5-9-23(34)21-15-18(30)17-33(26(21)37)11-6-13-35-27(38)19-7-3-4-8-20(19)28(35)39/h3-4,7-8,10,14-17,23H,2,5-6,9,11-13H2,1H3. The number of imide groups is 1. The number of rotatable bonds is 8. The Morgan fingerprint density at radius 2 is 1.85 bits per heavy atom. The fourth-order valence-corrected chi connectivity index (χ4v) is 5.60. The van der Waals surface area contributed by atoms with Gasteiger partial charge >= 0.3 is 5.97 Å². The molecule has 4 aromatic rings. The van der Waals surface area contributed by atoms with Gasteiger partial charge in [-0.3, -0.25) is 19.3 Å². The normalized spacial score (nSPS) is 16.6. The maximum atomic E-state index is 14.8. The van der Waals surface area contributed by atoms with E-state index in [0.717, 1.165) is 17.5 Å². The van der Waals surface area contributed by atoms with Crippen LogP contribution < -0.4 is 10.5 Å². The molecule has 1 unspecified atom stereocenters. The molecule has 2 aliphatic heterocycles. The third-order valence-electron chi connectivity index (χ3n) is 7.50. The van der Waals surface area contributed by atoms with Gasteiger partial charge < -0.3 is 14.2 Å². The summed E-state index contributed by atoms with van der Waals surface area (Å²) >= 11 is 0. The summed E-state index contributed by atoms with van der Waals surface area (Å²) in [6.45, 7) is 2.76. The van der Waals surface area contributed by atoms with E-state index < -0.39 is 17.8 Å². The Kier molecular flexibility index (Phi) is 6.82. The maximum absolute atomic E-state index is 14.8. The van der Waals surface area contributed by atoms with Crippen LogP contribution in [0.15, 0.2) is 59.8 Å². The molecular formula is C29H27FN6O5. The average Bonchev–Trinajstić information content (AvgIpc) is 3.68. The van der Waals surface area contributed by atoms with Gasteiger partial charge in [0.25, 0.3) is 17.4 Å². The number of fused-ring (bicyclic) bond motifs is 2. The summed E-state index contributed by atoms with van der Waals surface area (Å²) in [7, 11) is 0. The topological polar surface area (TPSA) is 119 Å². The number of esters is 1. The molecule has 41 heavy (non-hydrogen) atoms. The summed E-state index contributed by atoms with van der Waals surface area (Å²) < 4.78 is 22.7. The van der Waals surface area contributed by atoms with Crippen molar-refractivity contribution in [3.8, 4) is 0 Å². The van der Waals surface area contributed by atoms with Crippen molar-refractivity contribution in [3.63, 3.8) is 0 Å². The first-order chi connectivity index (χ1) is 19.9. The Hall–Kier alpha value is -4.87. The van der Waals surface area contributed by atoms with Gasteiger partial charge in [0.05, 0.1) is 30.0 Å². The van der Waals surface area contributed by atoms with Gasteiger partial charge in [0.15, 0.2) is 5.65 Å². The SMILES string of the molecule is CCOC(=O)c1cnn2ccc(N3CCCC3c3cc(F)cn(CCCN4C(=O)c5ccccc5C4=O)c3=O)nc12. The highest BCUT2D eigenvalue weighted by atomic mass is 19.1. The van der Waals surface area contributed by atoms with E-state index in [-0.39, 0.29) is 42.6 Å². The molecule has 0 aliphatic carbocycles. The van der Waals surface area contributed by atoms with E-state index in [1.165, 1.54) is 21.3 Å². The van der Waals surface area contributed by atoms with E-state index in [0.29, 0.717) is 47.5 Å². The van der Waals surface area contributed by atoms with Crippen LogP contribution in [0.5, 0.6) is 0 Å². The zero-order valence-electron chi connectivity index (χ0n) is 22.3. The minimum atomic E-state index is -0.559. The number of carbonyl (C=O) groups excluding carboxylic acids is 3. The van der Waals surface area contributed by atoms with E-state index in [2.05, 4.69) is 10.1 Å². The fourth-order valence-electron chi connectivity index (χ4n) is 5.60. The molecule has 210 valence electrons. The van der Waals surface area contributed by atoms with Gasteiger partial charge in [-0.25, -0.2) is 18.7 Å². The molecule has 1 saturated heterocycles. The summed E-state index contributed by atoms with van der Waals surface area (Å²) in [4.78, 5) is 59.0. The van der Waals surface area contributed by atoms with Crippen LogP contribution in [0.1, 0.15) is 68.9 Å². The summed E-state index contributed by atoms with van der Waals surface area (Å²) in [6, 6.07) is 9.21. The number of carbonyl (C=O) groups is 3. The Morgan fingerprint density at radius 1 is 1.10 bits per heavy atom. The molecule has 5 heterocycles. The van der Waals surface area contributed by atoms with Gasteiger partial charge in [-0.05, 0) is 50.5 Å². The quantitative estimate of drug-likeness (QED) is 0.239. The minimum Gasteiger partial charge on any atom is -0.462 e. The van der Waals surface area contributed by atoms with E-state index in [1.807, 2.05) is 4.90 Å². The number of nitrogens with zero attached hydrogens (tertiary/aromatic N) is 6. The Bertz CT molecular complexity index is 1710. The summed E-state index contributed by atoms with van der Waals surface area (Å²) in [6.07, 6.45) is 5.90. The van der Waals surface area contributed by atoms with E-state index >= 15 is 0 Å². The summed E-state index contributed by atoms with van der Waals surface area (Å²) in [5.41, 5.74) is 1.24. The second-order valence-corrected chi connectivity index (χ2v) is 9.96. The van der Waals surface area contributed by atoms with Crippen LogP contribution in [0.2, 0.25) is 0 Å². The number of anilines is 1. The van der Waals surface area contributed by atoms with Crippen LogP contribution in [0, 0.1) is 5.82 Å². The van der Waals surface area contributed by atoms with Crippen molar-refractivity contribution < 1.29 is 23.5 Å². The van der Waals surface area contributed by atoms with Crippen LogP contribution in [-0.4, -0.2) is 61.5 Å². The van der Waals surface area contributed by atoms with Gasteiger partial charge in [0.2, 0.25) is 0 Å². The lowest BCUT2D eigenvalue weighted by Gasteiger charge is -2.26. The van der Waals surface area contributed by atoms with Crippen molar-refractivity contribution in [3.05, 3.63) is 93.4 Å². The largest absolute Gasteiger partial charge is 0.462 e. The number of hydrogen-bond donors (Lipinski definition) is 0. The molecule has 2 aliphatic rings. The van der Waals surface area contributed by atoms with Crippen molar-refractivity contribution >= 4 is 29.2 Å². The van der Waals surface area contributed by atoms with Crippen LogP contribution in [0.3, 0.4) is 0 Å². The number of halogens is 1. The molecule has 0 bridgehead atoms. The number of benzene rings is 1. The van der Waals surface area contributed by atoms with E-state index in [9.17, 15) is 23.6 Å². The third kappa shape index (κ3) is 4.64. The Balaban J connectivity index is 1.22. The highest BCUT2D eigenvalue weighted by Gasteiger charge is 2.35. The number of ether oxygens (including phenoxy) is 1. The number of pyridine rings is 1. The van der Waals surface area contributed by atoms with Crippen molar-refractivity contribution in [2.24, 2.45) is 0 Å². The molecule has 0 N–H and O–H groups in total. The average molecular weight is 559 g/mol. The summed E-state index contributed by atoms with van der Waals surface area (Å²) in [5.74, 6) is -1.29. The molecule has 3 aromatic heterocycles. The molecule has 1 fully saturated rings. The second-order valence-electron chi connectivity index (χ2n) is 9.96. The van der Waals surface area contributed by atoms with Crippen molar-refractivity contribution in [1.82, 2.24) is 24.1 Å². The van der Waals surface area contributed by atoms with Crippen molar-refractivity contribution in [1.29, 1.82) is 0 Å². The predicted octanol–water partition coefficient (Wildman–Crippen LogP) is 3.23. The van der Waals surface area contributed by atoms with E-state index in [4.69, 9.17) is 4.74 Å². The Morgan fingerprint density at radius 3 is 2.59 bits per heavy atom. The zero-order valence-corrected chi connectivity index (χ0v) is 22.3. The molecule has 1 atom stereocenters. The van der Waals surface area contributed by atoms with Gasteiger partial charge in [-0.15, -0.1) is 0 Å². The van der Waals surface area contributed by atoms with Gasteiger partial charge in [0.1, 0.15) is 17.2 Å². The molecule has 0 radical (unpaired) electrons. The number of amides is 2. The lowest BCUT2D eigenvalue weighted by atomic mass is 10.1. The molecule has 2 amide bonds. The number of hydrogen-bond acceptors (Lipinski definition) is 8. The molecule has 0 spiro atoms. The predicted molar refractivity (Wildman–Crippen MR) is 145 cm³/mol. The van der Waals surface area contributed by atoms with Crippen LogP contribution >= 0.6 is 0 Å². The zero-order chi connectivity index (χ0) is 28.7. The smallest absolute Gasteiger partial charge is 0.343 e. The van der Waals surface area contributed by atoms with Gasteiger partial charge in [-0.2, -0.15) is 5.10 Å². The molecule has 1 aromatic carbocycles. The number of aromatic nitrogens is 4. The summed E-state index contributed by atoms with van der Waals surface area (Å²) in [5, 5.41) is 4.17. The molecule has 11 nitrogen and oxygen atoms in total. The number of aryl methyl sites for hydroxylation is 1. The van der Waals surface area contributed by atoms with Crippen molar-refractivity contribution in [2.75, 3.05) is 24.6 Å². The third-order valence-corrected chi connectivity index (χ3v) is 7.50. The van der Waals surface area contributed by atoms with Crippen molar-refractivity contribution in [2.45, 2.75) is 38.8 Å². The molecule has 6 rings (SSSR count). The monoisotopic (exact) mass is 558 g/mol. The highest BCUT2D eigenvalue weighted by Crippen LogP contribution is 2.34. The van der Waals surface area contributed by atoms with Crippen LogP contribution in [0.25, 0.3) is 5.65 Å². The fraction of sp³-hybridized carbons (Fsp3) is 0.310. The van der Waals surface area contributed by atoms with Gasteiger partial charge in [0, 0.05) is 37.6 Å². The first-order valence-electron chi connectivity index (χ1n) is 13.5. The lowest BCUT2D eigenvalue weighted by molar-refractivity contribution is 0.0527. The Labute approximate surface area is 233 Å². The lowest BCUT2D eigenvalue weighted by Crippen LogP contribution is -2.34. The van der Waals surface area contributed by atoms with Gasteiger partial charge in [-0.1, -0.05) is 12.1 Å². The molecule has 12 heteroatoms. The first kappa shape index (κ1) is 26.4. The maximum Gasteiger partial charge on any atom is 0.343 e.